The standard InChI is InChI=1S/C22H31F3N2O3/c23-22(24,25)17-7-5-15(6-8-17)18-3-1-2-4-20(18)27-21(29)26-19(9-12-28)16-10-13-30-14-11-16/h5-8,16,18-20,28H,1-4,9-14H2,(H2,26,27,29). The minimum absolute atomic E-state index is 0.0000878. The molecule has 168 valence electrons. The predicted molar refractivity (Wildman–Crippen MR) is 107 cm³/mol. The number of hydrogen-bond acceptors (Lipinski definition) is 3. The summed E-state index contributed by atoms with van der Waals surface area (Å²) in [7, 11) is 0. The summed E-state index contributed by atoms with van der Waals surface area (Å²) in [6, 6.07) is 4.77. The number of carbonyl (C=O) groups excluding carboxylic acids is 1. The molecule has 3 unspecified atom stereocenters. The summed E-state index contributed by atoms with van der Waals surface area (Å²) in [6.07, 6.45) is 1.42. The van der Waals surface area contributed by atoms with Gasteiger partial charge in [-0.1, -0.05) is 25.0 Å². The lowest BCUT2D eigenvalue weighted by atomic mass is 9.80. The molecule has 3 atom stereocenters. The van der Waals surface area contributed by atoms with Gasteiger partial charge in [-0.3, -0.25) is 0 Å². The second-order valence-electron chi connectivity index (χ2n) is 8.30. The van der Waals surface area contributed by atoms with Gasteiger partial charge in [0.05, 0.1) is 5.56 Å². The molecule has 30 heavy (non-hydrogen) atoms. The molecule has 1 aromatic rings. The van der Waals surface area contributed by atoms with Gasteiger partial charge >= 0.3 is 12.2 Å². The minimum Gasteiger partial charge on any atom is -0.396 e. The average Bonchev–Trinajstić information content (AvgIpc) is 2.74. The molecule has 1 aromatic carbocycles. The van der Waals surface area contributed by atoms with Crippen molar-refractivity contribution in [2.75, 3.05) is 19.8 Å². The number of alkyl halides is 3. The fourth-order valence-electron chi connectivity index (χ4n) is 4.68. The van der Waals surface area contributed by atoms with Gasteiger partial charge in [0.1, 0.15) is 0 Å². The van der Waals surface area contributed by atoms with Crippen LogP contribution in [0.15, 0.2) is 24.3 Å². The number of aliphatic hydroxyl groups is 1. The first kappa shape index (κ1) is 22.9. The van der Waals surface area contributed by atoms with E-state index in [9.17, 15) is 23.1 Å². The van der Waals surface area contributed by atoms with Crippen LogP contribution < -0.4 is 10.6 Å². The van der Waals surface area contributed by atoms with Crippen LogP contribution in [0.4, 0.5) is 18.0 Å². The summed E-state index contributed by atoms with van der Waals surface area (Å²) in [5.74, 6) is 0.264. The Bertz CT molecular complexity index is 675. The lowest BCUT2D eigenvalue weighted by Gasteiger charge is -2.35. The third-order valence-electron chi connectivity index (χ3n) is 6.34. The van der Waals surface area contributed by atoms with Crippen LogP contribution in [0.5, 0.6) is 0 Å². The van der Waals surface area contributed by atoms with E-state index >= 15 is 0 Å². The van der Waals surface area contributed by atoms with Crippen LogP contribution in [0.2, 0.25) is 0 Å². The zero-order valence-electron chi connectivity index (χ0n) is 17.1. The van der Waals surface area contributed by atoms with Crippen molar-refractivity contribution in [1.82, 2.24) is 10.6 Å². The summed E-state index contributed by atoms with van der Waals surface area (Å²) >= 11 is 0. The molecule has 0 aromatic heterocycles. The van der Waals surface area contributed by atoms with E-state index in [4.69, 9.17) is 4.74 Å². The van der Waals surface area contributed by atoms with Gasteiger partial charge in [0.25, 0.3) is 0 Å². The number of urea groups is 1. The van der Waals surface area contributed by atoms with Crippen molar-refractivity contribution in [3.8, 4) is 0 Å². The van der Waals surface area contributed by atoms with Gasteiger partial charge in [0, 0.05) is 37.8 Å². The first-order valence-corrected chi connectivity index (χ1v) is 10.8. The zero-order chi connectivity index (χ0) is 21.6. The number of halogens is 3. The van der Waals surface area contributed by atoms with E-state index in [0.29, 0.717) is 19.6 Å². The average molecular weight is 428 g/mol. The predicted octanol–water partition coefficient (Wildman–Crippen LogP) is 4.21. The van der Waals surface area contributed by atoms with Crippen LogP contribution in [0.3, 0.4) is 0 Å². The van der Waals surface area contributed by atoms with Crippen LogP contribution >= 0.6 is 0 Å². The van der Waals surface area contributed by atoms with E-state index in [1.54, 1.807) is 0 Å². The molecule has 0 spiro atoms. The SMILES string of the molecule is O=C(NC(CCO)C1CCOCC1)NC1CCCCC1c1ccc(C(F)(F)F)cc1. The molecular weight excluding hydrogens is 397 g/mol. The van der Waals surface area contributed by atoms with Crippen molar-refractivity contribution >= 4 is 6.03 Å². The summed E-state index contributed by atoms with van der Waals surface area (Å²) in [5.41, 5.74) is 0.164. The molecule has 1 aliphatic carbocycles. The zero-order valence-corrected chi connectivity index (χ0v) is 17.1. The number of benzene rings is 1. The van der Waals surface area contributed by atoms with Crippen molar-refractivity contribution < 1.29 is 27.8 Å². The number of rotatable bonds is 6. The Labute approximate surface area is 175 Å². The van der Waals surface area contributed by atoms with E-state index in [2.05, 4.69) is 10.6 Å². The molecule has 2 fully saturated rings. The molecule has 2 amide bonds. The van der Waals surface area contributed by atoms with E-state index in [0.717, 1.165) is 56.2 Å². The maximum atomic E-state index is 12.9. The monoisotopic (exact) mass is 428 g/mol. The summed E-state index contributed by atoms with van der Waals surface area (Å²) < 4.78 is 44.0. The van der Waals surface area contributed by atoms with Crippen molar-refractivity contribution in [3.05, 3.63) is 35.4 Å². The summed E-state index contributed by atoms with van der Waals surface area (Å²) in [5, 5.41) is 15.5. The third kappa shape index (κ3) is 6.11. The van der Waals surface area contributed by atoms with Crippen molar-refractivity contribution in [1.29, 1.82) is 0 Å². The highest BCUT2D eigenvalue weighted by atomic mass is 19.4. The van der Waals surface area contributed by atoms with Crippen LogP contribution in [-0.4, -0.2) is 43.0 Å². The smallest absolute Gasteiger partial charge is 0.396 e. The molecule has 0 bridgehead atoms. The maximum absolute atomic E-state index is 12.9. The van der Waals surface area contributed by atoms with Gasteiger partial charge in [-0.25, -0.2) is 4.79 Å². The van der Waals surface area contributed by atoms with Gasteiger partial charge in [0.2, 0.25) is 0 Å². The maximum Gasteiger partial charge on any atom is 0.416 e. The first-order valence-electron chi connectivity index (χ1n) is 10.8. The number of ether oxygens (including phenoxy) is 1. The molecule has 3 N–H and O–H groups in total. The summed E-state index contributed by atoms with van der Waals surface area (Å²) in [6.45, 7) is 1.32. The molecule has 1 saturated heterocycles. The Kier molecular flexibility index (Phi) is 7.99. The fraction of sp³-hybridized carbons (Fsp3) is 0.682. The first-order chi connectivity index (χ1) is 14.4. The lowest BCUT2D eigenvalue weighted by molar-refractivity contribution is -0.137. The van der Waals surface area contributed by atoms with Crippen LogP contribution in [0.25, 0.3) is 0 Å². The Hall–Kier alpha value is -1.80. The molecular formula is C22H31F3N2O3. The Morgan fingerprint density at radius 2 is 1.77 bits per heavy atom. The van der Waals surface area contributed by atoms with Gasteiger partial charge in [0.15, 0.2) is 0 Å². The number of nitrogens with one attached hydrogen (secondary N) is 2. The van der Waals surface area contributed by atoms with Crippen molar-refractivity contribution in [3.63, 3.8) is 0 Å². The van der Waals surface area contributed by atoms with Gasteiger partial charge in [-0.05, 0) is 55.7 Å². The molecule has 1 saturated carbocycles. The topological polar surface area (TPSA) is 70.6 Å². The molecule has 2 aliphatic rings. The molecule has 0 radical (unpaired) electrons. The Morgan fingerprint density at radius 3 is 2.40 bits per heavy atom. The van der Waals surface area contributed by atoms with E-state index in [1.165, 1.54) is 12.1 Å². The van der Waals surface area contributed by atoms with Crippen LogP contribution in [0.1, 0.15) is 62.0 Å². The second kappa shape index (κ2) is 10.5. The molecule has 8 heteroatoms. The van der Waals surface area contributed by atoms with Crippen molar-refractivity contribution in [2.24, 2.45) is 5.92 Å². The second-order valence-corrected chi connectivity index (χ2v) is 8.30. The highest BCUT2D eigenvalue weighted by Gasteiger charge is 2.32. The molecule has 1 heterocycles. The third-order valence-corrected chi connectivity index (χ3v) is 6.34. The molecule has 1 aliphatic heterocycles. The molecule has 5 nitrogen and oxygen atoms in total. The summed E-state index contributed by atoms with van der Waals surface area (Å²) in [4.78, 5) is 12.7. The number of hydrogen-bond donors (Lipinski definition) is 3. The number of amides is 2. The minimum atomic E-state index is -4.35. The highest BCUT2D eigenvalue weighted by Crippen LogP contribution is 2.35. The highest BCUT2D eigenvalue weighted by molar-refractivity contribution is 5.74. The van der Waals surface area contributed by atoms with E-state index < -0.39 is 11.7 Å². The Balaban J connectivity index is 1.63. The normalized spacial score (nSPS) is 24.3. The largest absolute Gasteiger partial charge is 0.416 e. The van der Waals surface area contributed by atoms with Gasteiger partial charge in [-0.2, -0.15) is 13.2 Å². The lowest BCUT2D eigenvalue weighted by Crippen LogP contribution is -2.51. The van der Waals surface area contributed by atoms with E-state index in [-0.39, 0.29) is 36.6 Å². The quantitative estimate of drug-likeness (QED) is 0.636. The van der Waals surface area contributed by atoms with Crippen LogP contribution in [-0.2, 0) is 10.9 Å². The number of aliphatic hydroxyl groups excluding tert-OH is 1. The molecule has 3 rings (SSSR count). The number of carbonyl (C=O) groups is 1. The van der Waals surface area contributed by atoms with Gasteiger partial charge < -0.3 is 20.5 Å². The fourth-order valence-corrected chi connectivity index (χ4v) is 4.68. The van der Waals surface area contributed by atoms with Crippen LogP contribution in [0, 0.1) is 5.92 Å². The van der Waals surface area contributed by atoms with E-state index in [1.807, 2.05) is 0 Å². The van der Waals surface area contributed by atoms with Crippen molar-refractivity contribution in [2.45, 2.75) is 69.1 Å². The van der Waals surface area contributed by atoms with Gasteiger partial charge in [-0.15, -0.1) is 0 Å². The Morgan fingerprint density at radius 1 is 1.10 bits per heavy atom.